The molecule has 2 rings (SSSR count). The van der Waals surface area contributed by atoms with Crippen molar-refractivity contribution in [2.75, 3.05) is 6.54 Å². The number of hydrogen-bond acceptors (Lipinski definition) is 3. The van der Waals surface area contributed by atoms with Crippen LogP contribution < -0.4 is 5.32 Å². The standard InChI is InChI=1S/C16H23N3O/c1-16(2,3)17-10-15(20)12-19-11-14(9-18-19)13-7-5-4-6-8-13/h4-9,11,15,17,20H,10,12H2,1-3H3. The molecule has 0 fully saturated rings. The van der Waals surface area contributed by atoms with Crippen LogP contribution >= 0.6 is 0 Å². The molecule has 0 aliphatic carbocycles. The monoisotopic (exact) mass is 273 g/mol. The molecule has 4 heteroatoms. The van der Waals surface area contributed by atoms with Crippen molar-refractivity contribution < 1.29 is 5.11 Å². The fourth-order valence-corrected chi connectivity index (χ4v) is 1.95. The Kier molecular flexibility index (Phi) is 4.57. The van der Waals surface area contributed by atoms with Gasteiger partial charge in [0.25, 0.3) is 0 Å². The van der Waals surface area contributed by atoms with Gasteiger partial charge in [-0.2, -0.15) is 5.10 Å². The highest BCUT2D eigenvalue weighted by Gasteiger charge is 2.13. The van der Waals surface area contributed by atoms with E-state index >= 15 is 0 Å². The summed E-state index contributed by atoms with van der Waals surface area (Å²) in [4.78, 5) is 0. The molecule has 0 saturated carbocycles. The summed E-state index contributed by atoms with van der Waals surface area (Å²) in [5.74, 6) is 0. The van der Waals surface area contributed by atoms with Crippen molar-refractivity contribution in [2.45, 2.75) is 39.0 Å². The Hall–Kier alpha value is -1.65. The molecule has 0 aliphatic rings. The number of rotatable bonds is 5. The second-order valence-corrected chi connectivity index (χ2v) is 6.10. The number of nitrogens with one attached hydrogen (secondary N) is 1. The van der Waals surface area contributed by atoms with Gasteiger partial charge in [-0.15, -0.1) is 0 Å². The number of benzene rings is 1. The van der Waals surface area contributed by atoms with Gasteiger partial charge in [-0.3, -0.25) is 4.68 Å². The van der Waals surface area contributed by atoms with Crippen LogP contribution in [0.5, 0.6) is 0 Å². The van der Waals surface area contributed by atoms with Crippen LogP contribution in [0.3, 0.4) is 0 Å². The molecule has 0 spiro atoms. The molecular formula is C16H23N3O. The highest BCUT2D eigenvalue weighted by Crippen LogP contribution is 2.17. The molecule has 1 aromatic carbocycles. The van der Waals surface area contributed by atoms with Gasteiger partial charge in [0, 0.05) is 23.8 Å². The molecule has 0 saturated heterocycles. The van der Waals surface area contributed by atoms with Gasteiger partial charge in [0.1, 0.15) is 0 Å². The average molecular weight is 273 g/mol. The predicted molar refractivity (Wildman–Crippen MR) is 81.4 cm³/mol. The summed E-state index contributed by atoms with van der Waals surface area (Å²) in [6.07, 6.45) is 3.35. The summed E-state index contributed by atoms with van der Waals surface area (Å²) < 4.78 is 1.79. The first-order chi connectivity index (χ1) is 9.44. The summed E-state index contributed by atoms with van der Waals surface area (Å²) in [5.41, 5.74) is 2.22. The van der Waals surface area contributed by atoms with Gasteiger partial charge in [-0.25, -0.2) is 0 Å². The average Bonchev–Trinajstić information content (AvgIpc) is 2.85. The van der Waals surface area contributed by atoms with Crippen LogP contribution in [-0.2, 0) is 6.54 Å². The molecule has 2 aromatic rings. The fraction of sp³-hybridized carbons (Fsp3) is 0.438. The van der Waals surface area contributed by atoms with E-state index in [2.05, 4.69) is 43.3 Å². The maximum Gasteiger partial charge on any atom is 0.0860 e. The number of nitrogens with zero attached hydrogens (tertiary/aromatic N) is 2. The van der Waals surface area contributed by atoms with E-state index in [1.165, 1.54) is 0 Å². The number of β-amino-alcohol motifs (C(OH)–C–C–N with tert-alkyl or cyclic N) is 1. The minimum Gasteiger partial charge on any atom is -0.390 e. The molecular weight excluding hydrogens is 250 g/mol. The Balaban J connectivity index is 1.93. The summed E-state index contributed by atoms with van der Waals surface area (Å²) in [6.45, 7) is 7.31. The van der Waals surface area contributed by atoms with E-state index in [0.717, 1.165) is 11.1 Å². The molecule has 108 valence electrons. The van der Waals surface area contributed by atoms with Gasteiger partial charge < -0.3 is 10.4 Å². The summed E-state index contributed by atoms with van der Waals surface area (Å²) in [6, 6.07) is 10.1. The SMILES string of the molecule is CC(C)(C)NCC(O)Cn1cc(-c2ccccc2)cn1. The molecule has 0 bridgehead atoms. The van der Waals surface area contributed by atoms with Crippen LogP contribution in [-0.4, -0.2) is 33.1 Å². The zero-order chi connectivity index (χ0) is 14.6. The quantitative estimate of drug-likeness (QED) is 0.879. The lowest BCUT2D eigenvalue weighted by Gasteiger charge is -2.22. The Labute approximate surface area is 120 Å². The second kappa shape index (κ2) is 6.20. The molecule has 2 N–H and O–H groups in total. The molecule has 1 aromatic heterocycles. The minimum atomic E-state index is -0.447. The number of aliphatic hydroxyl groups excluding tert-OH is 1. The van der Waals surface area contributed by atoms with Crippen molar-refractivity contribution in [3.8, 4) is 11.1 Å². The molecule has 1 heterocycles. The molecule has 1 unspecified atom stereocenters. The molecule has 0 radical (unpaired) electrons. The molecule has 1 atom stereocenters. The van der Waals surface area contributed by atoms with Crippen molar-refractivity contribution in [2.24, 2.45) is 0 Å². The maximum atomic E-state index is 10.0. The van der Waals surface area contributed by atoms with Crippen molar-refractivity contribution in [1.82, 2.24) is 15.1 Å². The predicted octanol–water partition coefficient (Wildman–Crippen LogP) is 2.30. The Morgan fingerprint density at radius 1 is 1.20 bits per heavy atom. The topological polar surface area (TPSA) is 50.1 Å². The summed E-state index contributed by atoms with van der Waals surface area (Å²) in [5, 5.41) is 17.6. The first-order valence-corrected chi connectivity index (χ1v) is 6.95. The largest absolute Gasteiger partial charge is 0.390 e. The van der Waals surface area contributed by atoms with Crippen LogP contribution in [0.2, 0.25) is 0 Å². The Morgan fingerprint density at radius 2 is 1.90 bits per heavy atom. The van der Waals surface area contributed by atoms with E-state index in [-0.39, 0.29) is 5.54 Å². The first kappa shape index (κ1) is 14.8. The van der Waals surface area contributed by atoms with Gasteiger partial charge in [-0.05, 0) is 26.3 Å². The second-order valence-electron chi connectivity index (χ2n) is 6.10. The van der Waals surface area contributed by atoms with Crippen molar-refractivity contribution in [3.05, 3.63) is 42.7 Å². The zero-order valence-corrected chi connectivity index (χ0v) is 12.4. The molecule has 0 amide bonds. The van der Waals surface area contributed by atoms with E-state index in [0.29, 0.717) is 13.1 Å². The van der Waals surface area contributed by atoms with E-state index in [1.54, 1.807) is 4.68 Å². The molecule has 20 heavy (non-hydrogen) atoms. The maximum absolute atomic E-state index is 10.0. The molecule has 4 nitrogen and oxygen atoms in total. The number of aliphatic hydroxyl groups is 1. The van der Waals surface area contributed by atoms with Crippen LogP contribution in [0.1, 0.15) is 20.8 Å². The van der Waals surface area contributed by atoms with Crippen molar-refractivity contribution >= 4 is 0 Å². The van der Waals surface area contributed by atoms with Gasteiger partial charge >= 0.3 is 0 Å². The van der Waals surface area contributed by atoms with Gasteiger partial charge in [0.2, 0.25) is 0 Å². The fourth-order valence-electron chi connectivity index (χ4n) is 1.95. The van der Waals surface area contributed by atoms with Crippen LogP contribution in [0.4, 0.5) is 0 Å². The molecule has 0 aliphatic heterocycles. The first-order valence-electron chi connectivity index (χ1n) is 6.95. The normalized spacial score (nSPS) is 13.4. The minimum absolute atomic E-state index is 0.0142. The third kappa shape index (κ3) is 4.47. The van der Waals surface area contributed by atoms with Crippen LogP contribution in [0, 0.1) is 0 Å². The summed E-state index contributed by atoms with van der Waals surface area (Å²) in [7, 11) is 0. The van der Waals surface area contributed by atoms with Crippen molar-refractivity contribution in [1.29, 1.82) is 0 Å². The highest BCUT2D eigenvalue weighted by molar-refractivity contribution is 5.61. The van der Waals surface area contributed by atoms with Gasteiger partial charge in [-0.1, -0.05) is 30.3 Å². The van der Waals surface area contributed by atoms with E-state index in [9.17, 15) is 5.11 Å². The Bertz CT molecular complexity index is 528. The number of hydrogen-bond donors (Lipinski definition) is 2. The van der Waals surface area contributed by atoms with E-state index in [4.69, 9.17) is 0 Å². The third-order valence-electron chi connectivity index (χ3n) is 3.01. The van der Waals surface area contributed by atoms with Crippen LogP contribution in [0.25, 0.3) is 11.1 Å². The lowest BCUT2D eigenvalue weighted by Crippen LogP contribution is -2.42. The van der Waals surface area contributed by atoms with E-state index in [1.807, 2.05) is 30.6 Å². The highest BCUT2D eigenvalue weighted by atomic mass is 16.3. The van der Waals surface area contributed by atoms with Crippen LogP contribution in [0.15, 0.2) is 42.7 Å². The lowest BCUT2D eigenvalue weighted by molar-refractivity contribution is 0.137. The van der Waals surface area contributed by atoms with Crippen molar-refractivity contribution in [3.63, 3.8) is 0 Å². The third-order valence-corrected chi connectivity index (χ3v) is 3.01. The number of aromatic nitrogens is 2. The smallest absolute Gasteiger partial charge is 0.0860 e. The zero-order valence-electron chi connectivity index (χ0n) is 12.4. The van der Waals surface area contributed by atoms with Gasteiger partial charge in [0.15, 0.2) is 0 Å². The van der Waals surface area contributed by atoms with Gasteiger partial charge in [0.05, 0.1) is 18.8 Å². The van der Waals surface area contributed by atoms with E-state index < -0.39 is 6.10 Å². The lowest BCUT2D eigenvalue weighted by atomic mass is 10.1. The summed E-state index contributed by atoms with van der Waals surface area (Å²) >= 11 is 0. The Morgan fingerprint density at radius 3 is 2.55 bits per heavy atom.